The van der Waals surface area contributed by atoms with Gasteiger partial charge < -0.3 is 15.4 Å². The van der Waals surface area contributed by atoms with Gasteiger partial charge in [0.25, 0.3) is 0 Å². The third-order valence-corrected chi connectivity index (χ3v) is 2.19. The summed E-state index contributed by atoms with van der Waals surface area (Å²) in [6, 6.07) is 5.81. The van der Waals surface area contributed by atoms with E-state index in [1.807, 2.05) is 7.05 Å². The molecule has 108 valence electrons. The topological polar surface area (TPSA) is 50.4 Å². The predicted octanol–water partition coefficient (Wildman–Crippen LogP) is 2.65. The van der Waals surface area contributed by atoms with E-state index in [4.69, 9.17) is 0 Å². The molecule has 1 amide bonds. The normalized spacial score (nSPS) is 9.89. The Morgan fingerprint density at radius 2 is 1.95 bits per heavy atom. The number of benzene rings is 1. The van der Waals surface area contributed by atoms with Gasteiger partial charge >= 0.3 is 6.61 Å². The summed E-state index contributed by atoms with van der Waals surface area (Å²) >= 11 is 0. The Hall–Kier alpha value is -1.40. The lowest BCUT2D eigenvalue weighted by molar-refractivity contribution is -0.116. The van der Waals surface area contributed by atoms with Crippen LogP contribution in [0, 0.1) is 0 Å². The van der Waals surface area contributed by atoms with Crippen LogP contribution in [0.2, 0.25) is 0 Å². The number of rotatable bonds is 7. The van der Waals surface area contributed by atoms with Gasteiger partial charge in [0.15, 0.2) is 0 Å². The molecule has 0 aliphatic heterocycles. The van der Waals surface area contributed by atoms with Crippen molar-refractivity contribution in [2.45, 2.75) is 19.5 Å². The summed E-state index contributed by atoms with van der Waals surface area (Å²) in [5.41, 5.74) is 0.561. The van der Waals surface area contributed by atoms with E-state index in [2.05, 4.69) is 15.4 Å². The minimum Gasteiger partial charge on any atom is -0.435 e. The summed E-state index contributed by atoms with van der Waals surface area (Å²) in [5, 5.41) is 5.62. The number of ether oxygens (including phenoxy) is 1. The number of anilines is 1. The molecular weight excluding hydrogens is 278 g/mol. The number of carbonyl (C=O) groups excluding carboxylic acids is 1. The van der Waals surface area contributed by atoms with Gasteiger partial charge in [0, 0.05) is 12.1 Å². The van der Waals surface area contributed by atoms with Crippen molar-refractivity contribution < 1.29 is 18.3 Å². The second-order valence-corrected chi connectivity index (χ2v) is 3.66. The molecule has 0 spiro atoms. The molecule has 0 bridgehead atoms. The zero-order valence-electron chi connectivity index (χ0n) is 10.5. The molecule has 0 aliphatic rings. The number of hydrogen-bond donors (Lipinski definition) is 2. The van der Waals surface area contributed by atoms with Gasteiger partial charge in [-0.15, -0.1) is 12.4 Å². The third kappa shape index (κ3) is 7.58. The molecule has 0 radical (unpaired) electrons. The molecule has 0 aromatic heterocycles. The maximum Gasteiger partial charge on any atom is 0.387 e. The second-order valence-electron chi connectivity index (χ2n) is 3.66. The van der Waals surface area contributed by atoms with Crippen molar-refractivity contribution in [2.75, 3.05) is 18.9 Å². The first-order valence-electron chi connectivity index (χ1n) is 5.61. The van der Waals surface area contributed by atoms with Crippen LogP contribution >= 0.6 is 12.4 Å². The summed E-state index contributed by atoms with van der Waals surface area (Å²) in [7, 11) is 1.82. The van der Waals surface area contributed by atoms with E-state index in [-0.39, 0.29) is 24.1 Å². The van der Waals surface area contributed by atoms with Crippen LogP contribution in [0.25, 0.3) is 0 Å². The lowest BCUT2D eigenvalue weighted by Gasteiger charge is -2.07. The molecule has 2 N–H and O–H groups in total. The summed E-state index contributed by atoms with van der Waals surface area (Å²) in [5.74, 6) is -0.0361. The number of alkyl halides is 2. The quantitative estimate of drug-likeness (QED) is 0.760. The fraction of sp³-hybridized carbons (Fsp3) is 0.417. The molecule has 1 aromatic rings. The summed E-state index contributed by atoms with van der Waals surface area (Å²) in [6.45, 7) is -2.07. The molecule has 0 saturated heterocycles. The minimum absolute atomic E-state index is 0. The van der Waals surface area contributed by atoms with Gasteiger partial charge in [-0.1, -0.05) is 0 Å². The van der Waals surface area contributed by atoms with Crippen molar-refractivity contribution in [3.63, 3.8) is 0 Å². The van der Waals surface area contributed by atoms with Crippen LogP contribution in [0.15, 0.2) is 24.3 Å². The van der Waals surface area contributed by atoms with Gasteiger partial charge in [0.2, 0.25) is 5.91 Å². The highest BCUT2D eigenvalue weighted by Gasteiger charge is 2.05. The first-order valence-corrected chi connectivity index (χ1v) is 5.61. The maximum absolute atomic E-state index is 11.9. The third-order valence-electron chi connectivity index (χ3n) is 2.19. The molecular formula is C12H17ClF2N2O2. The summed E-state index contributed by atoms with van der Waals surface area (Å²) in [4.78, 5) is 11.5. The molecule has 4 nitrogen and oxygen atoms in total. The second kappa shape index (κ2) is 9.52. The van der Waals surface area contributed by atoms with Crippen molar-refractivity contribution in [1.82, 2.24) is 5.32 Å². The molecule has 0 fully saturated rings. The van der Waals surface area contributed by atoms with Crippen molar-refractivity contribution >= 4 is 24.0 Å². The summed E-state index contributed by atoms with van der Waals surface area (Å²) in [6.07, 6.45) is 1.16. The molecule has 0 saturated carbocycles. The van der Waals surface area contributed by atoms with E-state index in [0.29, 0.717) is 12.1 Å². The van der Waals surface area contributed by atoms with Crippen LogP contribution in [0.3, 0.4) is 0 Å². The van der Waals surface area contributed by atoms with Gasteiger partial charge in [-0.25, -0.2) is 0 Å². The van der Waals surface area contributed by atoms with Crippen LogP contribution in [0.1, 0.15) is 12.8 Å². The number of nitrogens with one attached hydrogen (secondary N) is 2. The van der Waals surface area contributed by atoms with E-state index in [1.54, 1.807) is 0 Å². The average Bonchev–Trinajstić information content (AvgIpc) is 2.31. The molecule has 19 heavy (non-hydrogen) atoms. The maximum atomic E-state index is 11.9. The number of carbonyl (C=O) groups is 1. The first-order chi connectivity index (χ1) is 8.61. The van der Waals surface area contributed by atoms with Gasteiger partial charge in [-0.3, -0.25) is 4.79 Å². The predicted molar refractivity (Wildman–Crippen MR) is 72.1 cm³/mol. The van der Waals surface area contributed by atoms with Crippen molar-refractivity contribution in [1.29, 1.82) is 0 Å². The van der Waals surface area contributed by atoms with Crippen LogP contribution < -0.4 is 15.4 Å². The zero-order valence-corrected chi connectivity index (χ0v) is 11.3. The van der Waals surface area contributed by atoms with E-state index in [9.17, 15) is 13.6 Å². The highest BCUT2D eigenvalue weighted by Crippen LogP contribution is 2.17. The number of halogens is 3. The van der Waals surface area contributed by atoms with Crippen LogP contribution in [0.5, 0.6) is 5.75 Å². The number of hydrogen-bond acceptors (Lipinski definition) is 3. The first kappa shape index (κ1) is 17.6. The molecule has 0 unspecified atom stereocenters. The van der Waals surface area contributed by atoms with Crippen molar-refractivity contribution in [2.24, 2.45) is 0 Å². The Balaban J connectivity index is 0.00000324. The van der Waals surface area contributed by atoms with Crippen LogP contribution in [-0.2, 0) is 4.79 Å². The molecule has 0 aliphatic carbocycles. The van der Waals surface area contributed by atoms with Crippen LogP contribution in [0.4, 0.5) is 14.5 Å². The lowest BCUT2D eigenvalue weighted by Crippen LogP contribution is -2.15. The lowest BCUT2D eigenvalue weighted by atomic mass is 10.2. The Morgan fingerprint density at radius 3 is 2.47 bits per heavy atom. The van der Waals surface area contributed by atoms with E-state index < -0.39 is 6.61 Å². The average molecular weight is 295 g/mol. The number of amides is 1. The zero-order chi connectivity index (χ0) is 13.4. The van der Waals surface area contributed by atoms with Crippen molar-refractivity contribution in [3.05, 3.63) is 24.3 Å². The fourth-order valence-electron chi connectivity index (χ4n) is 1.37. The Labute approximate surface area is 116 Å². The molecule has 0 atom stereocenters. The van der Waals surface area contributed by atoms with E-state index in [0.717, 1.165) is 13.0 Å². The van der Waals surface area contributed by atoms with Gasteiger partial charge in [-0.2, -0.15) is 8.78 Å². The fourth-order valence-corrected chi connectivity index (χ4v) is 1.37. The molecule has 1 rings (SSSR count). The largest absolute Gasteiger partial charge is 0.435 e. The van der Waals surface area contributed by atoms with Gasteiger partial charge in [-0.05, 0) is 44.3 Å². The highest BCUT2D eigenvalue weighted by molar-refractivity contribution is 5.90. The SMILES string of the molecule is CNCCCC(=O)Nc1ccc(OC(F)F)cc1.Cl. The standard InChI is InChI=1S/C12H16F2N2O2.ClH/c1-15-8-2-3-11(17)16-9-4-6-10(7-5-9)18-12(13)14;/h4-7,12,15H,2-3,8H2,1H3,(H,16,17);1H. The monoisotopic (exact) mass is 294 g/mol. The van der Waals surface area contributed by atoms with E-state index in [1.165, 1.54) is 24.3 Å². The molecule has 1 aromatic carbocycles. The highest BCUT2D eigenvalue weighted by atomic mass is 35.5. The molecule has 7 heteroatoms. The van der Waals surface area contributed by atoms with Gasteiger partial charge in [0.1, 0.15) is 5.75 Å². The molecule has 0 heterocycles. The van der Waals surface area contributed by atoms with Crippen LogP contribution in [-0.4, -0.2) is 26.1 Å². The summed E-state index contributed by atoms with van der Waals surface area (Å²) < 4.78 is 28.0. The Morgan fingerprint density at radius 1 is 1.32 bits per heavy atom. The van der Waals surface area contributed by atoms with Gasteiger partial charge in [0.05, 0.1) is 0 Å². The van der Waals surface area contributed by atoms with Crippen molar-refractivity contribution in [3.8, 4) is 5.75 Å². The Bertz CT molecular complexity index is 374. The minimum atomic E-state index is -2.84. The van der Waals surface area contributed by atoms with E-state index >= 15 is 0 Å². The Kier molecular flexibility index (Phi) is 8.82. The smallest absolute Gasteiger partial charge is 0.387 e.